The molecule has 0 saturated carbocycles. The highest BCUT2D eigenvalue weighted by molar-refractivity contribution is 9.11. The third-order valence-corrected chi connectivity index (χ3v) is 6.45. The summed E-state index contributed by atoms with van der Waals surface area (Å²) in [6, 6.07) is 3.39. The number of halogens is 1. The van der Waals surface area contributed by atoms with Gasteiger partial charge in [-0.05, 0) is 41.9 Å². The molecule has 2 unspecified atom stereocenters. The number of thiophene rings is 1. The topological polar surface area (TPSA) is 46.6 Å². The number of hydrogen-bond acceptors (Lipinski definition) is 4. The number of morpholine rings is 1. The van der Waals surface area contributed by atoms with E-state index >= 15 is 0 Å². The summed E-state index contributed by atoms with van der Waals surface area (Å²) in [5.41, 5.74) is 0. The van der Waals surface area contributed by atoms with Crippen LogP contribution in [0.4, 0.5) is 0 Å². The molecule has 0 bridgehead atoms. The third kappa shape index (κ3) is 2.90. The maximum absolute atomic E-state index is 12.4. The van der Waals surface area contributed by atoms with Crippen LogP contribution in [0.25, 0.3) is 0 Å². The van der Waals surface area contributed by atoms with E-state index < -0.39 is 10.0 Å². The largest absolute Gasteiger partial charge is 0.373 e. The molecule has 1 fully saturated rings. The minimum Gasteiger partial charge on any atom is -0.373 e. The van der Waals surface area contributed by atoms with E-state index in [1.54, 1.807) is 12.1 Å². The highest BCUT2D eigenvalue weighted by Crippen LogP contribution is 2.29. The summed E-state index contributed by atoms with van der Waals surface area (Å²) in [5, 5.41) is 0. The average Bonchev–Trinajstić information content (AvgIpc) is 2.64. The van der Waals surface area contributed by atoms with Gasteiger partial charge in [0, 0.05) is 13.1 Å². The van der Waals surface area contributed by atoms with Crippen LogP contribution in [0, 0.1) is 0 Å². The lowest BCUT2D eigenvalue weighted by Gasteiger charge is -2.34. The zero-order valence-electron chi connectivity index (χ0n) is 9.59. The van der Waals surface area contributed by atoms with Gasteiger partial charge in [0.15, 0.2) is 0 Å². The van der Waals surface area contributed by atoms with Crippen molar-refractivity contribution in [1.29, 1.82) is 0 Å². The molecule has 7 heteroatoms. The molecule has 1 aliphatic heterocycles. The molecule has 1 aromatic rings. The van der Waals surface area contributed by atoms with Crippen LogP contribution in [-0.4, -0.2) is 38.0 Å². The van der Waals surface area contributed by atoms with E-state index in [4.69, 9.17) is 4.74 Å². The second-order valence-corrected chi connectivity index (χ2v) is 8.77. The highest BCUT2D eigenvalue weighted by Gasteiger charge is 2.32. The van der Waals surface area contributed by atoms with Crippen LogP contribution in [-0.2, 0) is 14.8 Å². The first kappa shape index (κ1) is 13.5. The van der Waals surface area contributed by atoms with E-state index in [0.717, 1.165) is 3.79 Å². The van der Waals surface area contributed by atoms with Gasteiger partial charge in [-0.1, -0.05) is 0 Å². The molecule has 2 heterocycles. The lowest BCUT2D eigenvalue weighted by atomic mass is 10.3. The van der Waals surface area contributed by atoms with Crippen molar-refractivity contribution in [2.75, 3.05) is 13.1 Å². The summed E-state index contributed by atoms with van der Waals surface area (Å²) in [5.74, 6) is 0. The standard InChI is InChI=1S/C10H14BrNO3S2/c1-7-5-12(6-8(2)15-7)17(13,14)10-4-3-9(11)16-10/h3-4,7-8H,5-6H2,1-2H3. The summed E-state index contributed by atoms with van der Waals surface area (Å²) in [6.45, 7) is 4.62. The monoisotopic (exact) mass is 339 g/mol. The van der Waals surface area contributed by atoms with Gasteiger partial charge in [0.2, 0.25) is 0 Å². The maximum Gasteiger partial charge on any atom is 0.252 e. The van der Waals surface area contributed by atoms with Crippen LogP contribution in [0.3, 0.4) is 0 Å². The number of sulfonamides is 1. The van der Waals surface area contributed by atoms with E-state index in [-0.39, 0.29) is 12.2 Å². The minimum absolute atomic E-state index is 0.0584. The van der Waals surface area contributed by atoms with Gasteiger partial charge >= 0.3 is 0 Å². The van der Waals surface area contributed by atoms with E-state index in [1.807, 2.05) is 13.8 Å². The molecule has 0 spiro atoms. The van der Waals surface area contributed by atoms with Crippen molar-refractivity contribution in [3.05, 3.63) is 15.9 Å². The summed E-state index contributed by atoms with van der Waals surface area (Å²) in [6.07, 6.45) is -0.117. The van der Waals surface area contributed by atoms with Crippen molar-refractivity contribution < 1.29 is 13.2 Å². The van der Waals surface area contributed by atoms with Gasteiger partial charge in [0.05, 0.1) is 16.0 Å². The van der Waals surface area contributed by atoms with Gasteiger partial charge in [0.25, 0.3) is 10.0 Å². The van der Waals surface area contributed by atoms with Crippen LogP contribution < -0.4 is 0 Å². The first-order valence-corrected chi connectivity index (χ1v) is 8.35. The number of ether oxygens (including phenoxy) is 1. The molecule has 0 aromatic carbocycles. The van der Waals surface area contributed by atoms with E-state index in [9.17, 15) is 8.42 Å². The second-order valence-electron chi connectivity index (χ2n) is 4.14. The molecule has 2 atom stereocenters. The molecule has 1 aromatic heterocycles. The predicted molar refractivity (Wildman–Crippen MR) is 70.8 cm³/mol. The van der Waals surface area contributed by atoms with Crippen molar-refractivity contribution in [2.24, 2.45) is 0 Å². The van der Waals surface area contributed by atoms with Gasteiger partial charge in [0.1, 0.15) is 4.21 Å². The molecule has 96 valence electrons. The minimum atomic E-state index is -3.37. The SMILES string of the molecule is CC1CN(S(=O)(=O)c2ccc(Br)s2)CC(C)O1. The van der Waals surface area contributed by atoms with Crippen molar-refractivity contribution in [3.63, 3.8) is 0 Å². The van der Waals surface area contributed by atoms with Gasteiger partial charge in [-0.2, -0.15) is 4.31 Å². The van der Waals surface area contributed by atoms with Crippen LogP contribution in [0.1, 0.15) is 13.8 Å². The second kappa shape index (κ2) is 4.97. The maximum atomic E-state index is 12.4. The zero-order chi connectivity index (χ0) is 12.6. The fourth-order valence-corrected chi connectivity index (χ4v) is 5.65. The molecule has 0 N–H and O–H groups in total. The van der Waals surface area contributed by atoms with Gasteiger partial charge in [-0.3, -0.25) is 0 Å². The molecular formula is C10H14BrNO3S2. The molecule has 0 aliphatic carbocycles. The summed E-state index contributed by atoms with van der Waals surface area (Å²) >= 11 is 4.52. The Morgan fingerprint density at radius 1 is 1.35 bits per heavy atom. The van der Waals surface area contributed by atoms with Crippen LogP contribution >= 0.6 is 27.3 Å². The van der Waals surface area contributed by atoms with E-state index in [2.05, 4.69) is 15.9 Å². The summed E-state index contributed by atoms with van der Waals surface area (Å²) < 4.78 is 33.0. The Hall–Kier alpha value is 0.0500. The molecule has 17 heavy (non-hydrogen) atoms. The zero-order valence-corrected chi connectivity index (χ0v) is 12.8. The lowest BCUT2D eigenvalue weighted by Crippen LogP contribution is -2.47. The first-order chi connectivity index (χ1) is 7.89. The van der Waals surface area contributed by atoms with Crippen LogP contribution in [0.2, 0.25) is 0 Å². The smallest absolute Gasteiger partial charge is 0.252 e. The third-order valence-electron chi connectivity index (χ3n) is 2.53. The average molecular weight is 340 g/mol. The normalized spacial score (nSPS) is 27.2. The summed E-state index contributed by atoms with van der Waals surface area (Å²) in [4.78, 5) is 0. The Balaban J connectivity index is 2.26. The fourth-order valence-electron chi connectivity index (χ4n) is 1.89. The van der Waals surface area contributed by atoms with E-state index in [1.165, 1.54) is 15.6 Å². The van der Waals surface area contributed by atoms with Crippen LogP contribution in [0.5, 0.6) is 0 Å². The molecule has 0 radical (unpaired) electrons. The molecule has 1 aliphatic rings. The molecule has 2 rings (SSSR count). The van der Waals surface area contributed by atoms with Crippen molar-refractivity contribution in [2.45, 2.75) is 30.3 Å². The Morgan fingerprint density at radius 2 is 1.94 bits per heavy atom. The van der Waals surface area contributed by atoms with Crippen molar-refractivity contribution in [1.82, 2.24) is 4.31 Å². The summed E-state index contributed by atoms with van der Waals surface area (Å²) in [7, 11) is -3.37. The molecule has 4 nitrogen and oxygen atoms in total. The van der Waals surface area contributed by atoms with Crippen molar-refractivity contribution >= 4 is 37.3 Å². The predicted octanol–water partition coefficient (Wildman–Crippen LogP) is 2.31. The van der Waals surface area contributed by atoms with Gasteiger partial charge < -0.3 is 4.74 Å². The number of rotatable bonds is 2. The Kier molecular flexibility index (Phi) is 3.94. The highest BCUT2D eigenvalue weighted by atomic mass is 79.9. The fraction of sp³-hybridized carbons (Fsp3) is 0.600. The van der Waals surface area contributed by atoms with Crippen LogP contribution in [0.15, 0.2) is 20.1 Å². The Morgan fingerprint density at radius 3 is 2.41 bits per heavy atom. The Bertz CT molecular complexity index is 489. The molecular weight excluding hydrogens is 326 g/mol. The number of hydrogen-bond donors (Lipinski definition) is 0. The quantitative estimate of drug-likeness (QED) is 0.830. The van der Waals surface area contributed by atoms with Crippen molar-refractivity contribution in [3.8, 4) is 0 Å². The van der Waals surface area contributed by atoms with Gasteiger partial charge in [-0.15, -0.1) is 11.3 Å². The lowest BCUT2D eigenvalue weighted by molar-refractivity contribution is -0.0440. The number of nitrogens with zero attached hydrogens (tertiary/aromatic N) is 1. The molecule has 1 saturated heterocycles. The molecule has 0 amide bonds. The van der Waals surface area contributed by atoms with E-state index in [0.29, 0.717) is 17.3 Å². The first-order valence-electron chi connectivity index (χ1n) is 5.30. The van der Waals surface area contributed by atoms with Gasteiger partial charge in [-0.25, -0.2) is 8.42 Å². The Labute approximate surface area is 114 Å².